The van der Waals surface area contributed by atoms with Crippen LogP contribution in [0.3, 0.4) is 0 Å². The summed E-state index contributed by atoms with van der Waals surface area (Å²) < 4.78 is 66.5. The first-order chi connectivity index (χ1) is 8.78. The number of aromatic nitrogens is 2. The second-order valence-corrected chi connectivity index (χ2v) is 4.50. The molecule has 1 unspecified atom stereocenters. The molecule has 0 spiro atoms. The highest BCUT2D eigenvalue weighted by molar-refractivity contribution is 5.46. The second-order valence-electron chi connectivity index (χ2n) is 4.50. The van der Waals surface area contributed by atoms with Crippen molar-refractivity contribution in [2.75, 3.05) is 0 Å². The molecule has 2 atom stereocenters. The Kier molecular flexibility index (Phi) is 3.14. The maximum Gasteiger partial charge on any atom is 0.435 e. The summed E-state index contributed by atoms with van der Waals surface area (Å²) in [4.78, 5) is 0. The van der Waals surface area contributed by atoms with Gasteiger partial charge in [0.1, 0.15) is 5.69 Å². The molecular formula is C12H15F5N2. The molecule has 1 aromatic heterocycles. The molecule has 0 aromatic carbocycles. The summed E-state index contributed by atoms with van der Waals surface area (Å²) in [6.07, 6.45) is -4.52. The fourth-order valence-corrected chi connectivity index (χ4v) is 2.71. The highest BCUT2D eigenvalue weighted by Gasteiger charge is 2.68. The zero-order chi connectivity index (χ0) is 14.6. The van der Waals surface area contributed by atoms with E-state index < -0.39 is 35.3 Å². The van der Waals surface area contributed by atoms with Gasteiger partial charge in [-0.1, -0.05) is 13.8 Å². The highest BCUT2D eigenvalue weighted by Crippen LogP contribution is 2.68. The summed E-state index contributed by atoms with van der Waals surface area (Å²) in [5, 5.41) is 3.31. The zero-order valence-electron chi connectivity index (χ0n) is 10.9. The SMILES string of the molecule is CC.CCn1nc(C(F)(F)F)c2c1C(F)(F)[C@H]1CC21. The van der Waals surface area contributed by atoms with Gasteiger partial charge in [-0.25, -0.2) is 0 Å². The van der Waals surface area contributed by atoms with Crippen LogP contribution in [0.4, 0.5) is 22.0 Å². The number of rotatable bonds is 1. The normalized spacial score (nSPS) is 26.3. The molecule has 108 valence electrons. The third kappa shape index (κ3) is 1.85. The summed E-state index contributed by atoms with van der Waals surface area (Å²) in [7, 11) is 0. The summed E-state index contributed by atoms with van der Waals surface area (Å²) in [6.45, 7) is 5.53. The first-order valence-electron chi connectivity index (χ1n) is 6.34. The van der Waals surface area contributed by atoms with Crippen LogP contribution in [-0.2, 0) is 18.6 Å². The molecule has 1 fully saturated rings. The van der Waals surface area contributed by atoms with Crippen molar-refractivity contribution in [2.24, 2.45) is 5.92 Å². The highest BCUT2D eigenvalue weighted by atomic mass is 19.4. The minimum atomic E-state index is -4.65. The molecule has 0 aliphatic heterocycles. The first kappa shape index (κ1) is 14.3. The molecule has 3 rings (SSSR count). The van der Waals surface area contributed by atoms with Gasteiger partial charge in [-0.3, -0.25) is 4.68 Å². The van der Waals surface area contributed by atoms with E-state index in [0.717, 1.165) is 4.68 Å². The van der Waals surface area contributed by atoms with E-state index in [1.165, 1.54) is 6.92 Å². The van der Waals surface area contributed by atoms with E-state index in [9.17, 15) is 22.0 Å². The van der Waals surface area contributed by atoms with Crippen molar-refractivity contribution in [3.05, 3.63) is 17.0 Å². The maximum absolute atomic E-state index is 13.8. The van der Waals surface area contributed by atoms with Gasteiger partial charge in [-0.2, -0.15) is 27.1 Å². The standard InChI is InChI=1S/C10H9F5N2.C2H6/c1-2-17-8-6(7(16-17)10(13,14)15)4-3-5(4)9(8,11)12;1-2/h4-5H,2-3H2,1H3;1-2H3/t4?,5-;/m0./s1. The molecular weight excluding hydrogens is 267 g/mol. The lowest BCUT2D eigenvalue weighted by Gasteiger charge is -2.14. The summed E-state index contributed by atoms with van der Waals surface area (Å²) in [5.74, 6) is -4.77. The van der Waals surface area contributed by atoms with Crippen molar-refractivity contribution < 1.29 is 22.0 Å². The largest absolute Gasteiger partial charge is 0.435 e. The van der Waals surface area contributed by atoms with Crippen LogP contribution in [0.15, 0.2) is 0 Å². The summed E-state index contributed by atoms with van der Waals surface area (Å²) >= 11 is 0. The average molecular weight is 282 g/mol. The summed E-state index contributed by atoms with van der Waals surface area (Å²) in [5.41, 5.74) is -1.91. The van der Waals surface area contributed by atoms with E-state index in [1.807, 2.05) is 13.8 Å². The molecule has 1 aromatic rings. The van der Waals surface area contributed by atoms with Crippen molar-refractivity contribution >= 4 is 0 Å². The Morgan fingerprint density at radius 2 is 1.89 bits per heavy atom. The Labute approximate surface area is 107 Å². The molecule has 0 N–H and O–H groups in total. The summed E-state index contributed by atoms with van der Waals surface area (Å²) in [6, 6.07) is 0. The van der Waals surface area contributed by atoms with Gasteiger partial charge in [0, 0.05) is 18.0 Å². The van der Waals surface area contributed by atoms with E-state index in [-0.39, 0.29) is 18.5 Å². The number of hydrogen-bond acceptors (Lipinski definition) is 1. The minimum absolute atomic E-state index is 0.0213. The smallest absolute Gasteiger partial charge is 0.263 e. The van der Waals surface area contributed by atoms with Crippen LogP contribution in [0, 0.1) is 5.92 Å². The molecule has 0 saturated heterocycles. The predicted molar refractivity (Wildman–Crippen MR) is 59.0 cm³/mol. The van der Waals surface area contributed by atoms with E-state index in [0.29, 0.717) is 0 Å². The number of hydrogen-bond donors (Lipinski definition) is 0. The van der Waals surface area contributed by atoms with Crippen LogP contribution >= 0.6 is 0 Å². The molecule has 19 heavy (non-hydrogen) atoms. The molecule has 2 aliphatic carbocycles. The number of alkyl halides is 5. The lowest BCUT2D eigenvalue weighted by molar-refractivity contribution is -0.142. The third-order valence-electron chi connectivity index (χ3n) is 3.50. The Morgan fingerprint density at radius 3 is 2.37 bits per heavy atom. The van der Waals surface area contributed by atoms with E-state index >= 15 is 0 Å². The van der Waals surface area contributed by atoms with E-state index in [1.54, 1.807) is 0 Å². The average Bonchev–Trinajstić information content (AvgIpc) is 2.97. The van der Waals surface area contributed by atoms with Crippen molar-refractivity contribution in [3.8, 4) is 0 Å². The number of fused-ring (bicyclic) bond motifs is 3. The lowest BCUT2D eigenvalue weighted by atomic mass is 10.1. The van der Waals surface area contributed by atoms with Crippen LogP contribution in [0.5, 0.6) is 0 Å². The van der Waals surface area contributed by atoms with Crippen LogP contribution in [0.1, 0.15) is 50.1 Å². The van der Waals surface area contributed by atoms with Crippen molar-refractivity contribution in [1.82, 2.24) is 9.78 Å². The third-order valence-corrected chi connectivity index (χ3v) is 3.50. The quantitative estimate of drug-likeness (QED) is 0.707. The molecule has 0 bridgehead atoms. The molecule has 2 nitrogen and oxygen atoms in total. The van der Waals surface area contributed by atoms with Gasteiger partial charge in [0.25, 0.3) is 5.92 Å². The Morgan fingerprint density at radius 1 is 1.32 bits per heavy atom. The molecule has 0 amide bonds. The minimum Gasteiger partial charge on any atom is -0.263 e. The fourth-order valence-electron chi connectivity index (χ4n) is 2.71. The van der Waals surface area contributed by atoms with Gasteiger partial charge < -0.3 is 0 Å². The predicted octanol–water partition coefficient (Wildman–Crippen LogP) is 4.16. The van der Waals surface area contributed by atoms with Crippen molar-refractivity contribution in [1.29, 1.82) is 0 Å². The number of nitrogens with zero attached hydrogens (tertiary/aromatic N) is 2. The Hall–Kier alpha value is -1.14. The second kappa shape index (κ2) is 4.18. The molecule has 1 saturated carbocycles. The van der Waals surface area contributed by atoms with E-state index in [4.69, 9.17) is 0 Å². The van der Waals surface area contributed by atoms with Gasteiger partial charge in [0.15, 0.2) is 5.69 Å². The maximum atomic E-state index is 13.8. The van der Waals surface area contributed by atoms with Gasteiger partial charge in [-0.05, 0) is 19.3 Å². The molecule has 1 heterocycles. The fraction of sp³-hybridized carbons (Fsp3) is 0.750. The Balaban J connectivity index is 0.000000637. The molecule has 2 aliphatic rings. The van der Waals surface area contributed by atoms with Gasteiger partial charge in [0.05, 0.1) is 0 Å². The van der Waals surface area contributed by atoms with Gasteiger partial charge in [-0.15, -0.1) is 0 Å². The monoisotopic (exact) mass is 282 g/mol. The zero-order valence-corrected chi connectivity index (χ0v) is 10.9. The topological polar surface area (TPSA) is 17.8 Å². The lowest BCUT2D eigenvalue weighted by Crippen LogP contribution is -2.19. The van der Waals surface area contributed by atoms with E-state index in [2.05, 4.69) is 5.10 Å². The van der Waals surface area contributed by atoms with Gasteiger partial charge in [0.2, 0.25) is 0 Å². The molecule has 0 radical (unpaired) electrons. The van der Waals surface area contributed by atoms with Gasteiger partial charge >= 0.3 is 6.18 Å². The van der Waals surface area contributed by atoms with Crippen LogP contribution in [0.25, 0.3) is 0 Å². The number of halogens is 5. The molecule has 7 heteroatoms. The van der Waals surface area contributed by atoms with Crippen molar-refractivity contribution in [2.45, 2.75) is 51.8 Å². The van der Waals surface area contributed by atoms with Crippen LogP contribution < -0.4 is 0 Å². The van der Waals surface area contributed by atoms with Crippen molar-refractivity contribution in [3.63, 3.8) is 0 Å². The Bertz CT molecular complexity index is 489. The van der Waals surface area contributed by atoms with Crippen LogP contribution in [-0.4, -0.2) is 9.78 Å². The number of aryl methyl sites for hydroxylation is 1. The van der Waals surface area contributed by atoms with Crippen LogP contribution in [0.2, 0.25) is 0 Å². The first-order valence-corrected chi connectivity index (χ1v) is 6.34.